The Morgan fingerprint density at radius 3 is 1.44 bits per heavy atom. The smallest absolute Gasteiger partial charge is 0.335 e. The van der Waals surface area contributed by atoms with Crippen LogP contribution in [0.25, 0.3) is 0 Å². The van der Waals surface area contributed by atoms with Crippen molar-refractivity contribution in [2.75, 3.05) is 0 Å². The molecule has 7 nitrogen and oxygen atoms in total. The van der Waals surface area contributed by atoms with Gasteiger partial charge in [0.2, 0.25) is 5.78 Å². The number of hydrogen-bond acceptors (Lipinski definition) is 6. The summed E-state index contributed by atoms with van der Waals surface area (Å²) in [5.41, 5.74) is 2.52. The van der Waals surface area contributed by atoms with Gasteiger partial charge < -0.3 is 19.3 Å². The first kappa shape index (κ1) is 28.7. The van der Waals surface area contributed by atoms with E-state index in [9.17, 15) is 20.0 Å². The highest BCUT2D eigenvalue weighted by molar-refractivity contribution is 6.16. The Morgan fingerprint density at radius 2 is 1.02 bits per heavy atom. The molecule has 0 atom stereocenters. The summed E-state index contributed by atoms with van der Waals surface area (Å²) in [6.45, 7) is 0.307. The van der Waals surface area contributed by atoms with Crippen LogP contribution in [0.1, 0.15) is 48.5 Å². The second-order valence-corrected chi connectivity index (χ2v) is 9.60. The summed E-state index contributed by atoms with van der Waals surface area (Å²) in [7, 11) is 0. The molecule has 0 aliphatic heterocycles. The van der Waals surface area contributed by atoms with Crippen LogP contribution in [-0.4, -0.2) is 16.9 Å². The standard InChI is InChI=1S/C36H27NO6/c37-21-28-17-10-18-30(41-22-25-11-4-1-5-12-25)33(28)35(38)34-31(42-23-26-13-6-2-7-14-26)19-29(36(39)40)20-32(34)43-24-27-15-8-3-9-16-27/h1-20H,22-24H2,(H,39,40). The molecule has 43 heavy (non-hydrogen) atoms. The van der Waals surface area contributed by atoms with Crippen molar-refractivity contribution in [3.05, 3.63) is 160 Å². The normalized spacial score (nSPS) is 10.4. The minimum absolute atomic E-state index is 0.0101. The first-order chi connectivity index (χ1) is 21.0. The topological polar surface area (TPSA) is 106 Å². The Hall–Kier alpha value is -5.87. The van der Waals surface area contributed by atoms with E-state index in [4.69, 9.17) is 14.2 Å². The van der Waals surface area contributed by atoms with Gasteiger partial charge in [-0.25, -0.2) is 4.79 Å². The van der Waals surface area contributed by atoms with Gasteiger partial charge >= 0.3 is 5.97 Å². The van der Waals surface area contributed by atoms with Gasteiger partial charge in [0.05, 0.1) is 16.7 Å². The van der Waals surface area contributed by atoms with Gasteiger partial charge in [-0.15, -0.1) is 0 Å². The Bertz CT molecular complexity index is 1700. The quantitative estimate of drug-likeness (QED) is 0.158. The molecule has 0 aromatic heterocycles. The lowest BCUT2D eigenvalue weighted by molar-refractivity contribution is 0.0695. The van der Waals surface area contributed by atoms with Gasteiger partial charge in [-0.1, -0.05) is 97.1 Å². The zero-order chi connectivity index (χ0) is 30.0. The number of ketones is 1. The van der Waals surface area contributed by atoms with Crippen LogP contribution in [0, 0.1) is 11.3 Å². The molecule has 0 amide bonds. The lowest BCUT2D eigenvalue weighted by Gasteiger charge is -2.19. The van der Waals surface area contributed by atoms with E-state index in [0.29, 0.717) is 0 Å². The summed E-state index contributed by atoms with van der Waals surface area (Å²) in [5, 5.41) is 19.9. The minimum Gasteiger partial charge on any atom is -0.488 e. The SMILES string of the molecule is N#Cc1cccc(OCc2ccccc2)c1C(=O)c1c(OCc2ccccc2)cc(C(=O)O)cc1OCc1ccccc1. The number of hydrogen-bond donors (Lipinski definition) is 1. The highest BCUT2D eigenvalue weighted by atomic mass is 16.5. The molecular weight excluding hydrogens is 542 g/mol. The van der Waals surface area contributed by atoms with Crippen LogP contribution in [0.5, 0.6) is 17.2 Å². The van der Waals surface area contributed by atoms with Gasteiger partial charge in [0.1, 0.15) is 48.7 Å². The number of rotatable bonds is 12. The highest BCUT2D eigenvalue weighted by Crippen LogP contribution is 2.37. The Kier molecular flexibility index (Phi) is 9.10. The van der Waals surface area contributed by atoms with Crippen molar-refractivity contribution in [2.45, 2.75) is 19.8 Å². The highest BCUT2D eigenvalue weighted by Gasteiger charge is 2.28. The number of carboxylic acids is 1. The van der Waals surface area contributed by atoms with Gasteiger partial charge in [-0.05, 0) is 41.0 Å². The molecule has 0 saturated carbocycles. The molecule has 0 radical (unpaired) electrons. The molecule has 0 spiro atoms. The van der Waals surface area contributed by atoms with Crippen LogP contribution >= 0.6 is 0 Å². The van der Waals surface area contributed by atoms with Crippen molar-refractivity contribution < 1.29 is 28.9 Å². The fraction of sp³-hybridized carbons (Fsp3) is 0.0833. The van der Waals surface area contributed by atoms with Crippen LogP contribution in [0.2, 0.25) is 0 Å². The second-order valence-electron chi connectivity index (χ2n) is 9.60. The maximum Gasteiger partial charge on any atom is 0.335 e. The first-order valence-electron chi connectivity index (χ1n) is 13.5. The Morgan fingerprint density at radius 1 is 0.581 bits per heavy atom. The maximum atomic E-state index is 14.5. The molecule has 1 N–H and O–H groups in total. The van der Waals surface area contributed by atoms with Gasteiger partial charge in [-0.2, -0.15) is 5.26 Å². The predicted octanol–water partition coefficient (Wildman–Crippen LogP) is 7.22. The second kappa shape index (κ2) is 13.7. The fourth-order valence-corrected chi connectivity index (χ4v) is 4.47. The summed E-state index contributed by atoms with van der Waals surface area (Å²) >= 11 is 0. The van der Waals surface area contributed by atoms with Gasteiger partial charge in [0.25, 0.3) is 0 Å². The number of carboxylic acid groups (broad SMARTS) is 1. The molecule has 0 saturated heterocycles. The van der Waals surface area contributed by atoms with E-state index in [0.717, 1.165) is 16.7 Å². The summed E-state index contributed by atoms with van der Waals surface area (Å²) in [6, 6.07) is 37.5. The number of nitriles is 1. The number of nitrogens with zero attached hydrogens (tertiary/aromatic N) is 1. The molecule has 5 aromatic rings. The van der Waals surface area contributed by atoms with Crippen molar-refractivity contribution in [1.29, 1.82) is 5.26 Å². The molecule has 0 heterocycles. The monoisotopic (exact) mass is 569 g/mol. The van der Waals surface area contributed by atoms with Crippen molar-refractivity contribution >= 4 is 11.8 Å². The zero-order valence-electron chi connectivity index (χ0n) is 23.1. The van der Waals surface area contributed by atoms with E-state index in [1.54, 1.807) is 12.1 Å². The number of carbonyl (C=O) groups excluding carboxylic acids is 1. The molecule has 0 aliphatic carbocycles. The number of ether oxygens (including phenoxy) is 3. The van der Waals surface area contributed by atoms with Crippen molar-refractivity contribution in [2.24, 2.45) is 0 Å². The largest absolute Gasteiger partial charge is 0.488 e. The molecule has 5 rings (SSSR count). The predicted molar refractivity (Wildman–Crippen MR) is 160 cm³/mol. The summed E-state index contributed by atoms with van der Waals surface area (Å²) < 4.78 is 18.3. The number of benzene rings is 5. The molecular formula is C36H27NO6. The van der Waals surface area contributed by atoms with E-state index in [1.165, 1.54) is 18.2 Å². The third kappa shape index (κ3) is 7.07. The third-order valence-corrected chi connectivity index (χ3v) is 6.63. The van der Waals surface area contributed by atoms with E-state index in [-0.39, 0.29) is 59.3 Å². The number of carbonyl (C=O) groups is 2. The number of aromatic carboxylic acids is 1. The first-order valence-corrected chi connectivity index (χ1v) is 13.5. The maximum absolute atomic E-state index is 14.5. The fourth-order valence-electron chi connectivity index (χ4n) is 4.47. The van der Waals surface area contributed by atoms with Crippen LogP contribution in [0.3, 0.4) is 0 Å². The molecule has 5 aromatic carbocycles. The lowest BCUT2D eigenvalue weighted by atomic mass is 9.95. The minimum atomic E-state index is -1.21. The van der Waals surface area contributed by atoms with Crippen LogP contribution in [0.4, 0.5) is 0 Å². The summed E-state index contributed by atoms with van der Waals surface area (Å²) in [5.74, 6) is -1.57. The summed E-state index contributed by atoms with van der Waals surface area (Å²) in [4.78, 5) is 26.6. The van der Waals surface area contributed by atoms with E-state index >= 15 is 0 Å². The van der Waals surface area contributed by atoms with E-state index < -0.39 is 11.8 Å². The molecule has 0 bridgehead atoms. The summed E-state index contributed by atoms with van der Waals surface area (Å²) in [6.07, 6.45) is 0. The van der Waals surface area contributed by atoms with Crippen LogP contribution < -0.4 is 14.2 Å². The van der Waals surface area contributed by atoms with Crippen molar-refractivity contribution in [3.63, 3.8) is 0 Å². The molecule has 7 heteroatoms. The Labute approximate surface area is 249 Å². The lowest BCUT2D eigenvalue weighted by Crippen LogP contribution is -2.14. The van der Waals surface area contributed by atoms with Gasteiger partial charge in [-0.3, -0.25) is 4.79 Å². The van der Waals surface area contributed by atoms with Gasteiger partial charge in [0, 0.05) is 0 Å². The molecule has 0 aliphatic rings. The molecule has 0 unspecified atom stereocenters. The average molecular weight is 570 g/mol. The van der Waals surface area contributed by atoms with Crippen molar-refractivity contribution in [1.82, 2.24) is 0 Å². The third-order valence-electron chi connectivity index (χ3n) is 6.63. The van der Waals surface area contributed by atoms with E-state index in [1.807, 2.05) is 91.0 Å². The molecule has 212 valence electrons. The van der Waals surface area contributed by atoms with Crippen molar-refractivity contribution in [3.8, 4) is 23.3 Å². The van der Waals surface area contributed by atoms with Crippen LogP contribution in [0.15, 0.2) is 121 Å². The average Bonchev–Trinajstić information content (AvgIpc) is 3.06. The van der Waals surface area contributed by atoms with Gasteiger partial charge in [0.15, 0.2) is 0 Å². The van der Waals surface area contributed by atoms with E-state index in [2.05, 4.69) is 6.07 Å². The Balaban J connectivity index is 1.61. The van der Waals surface area contributed by atoms with Crippen LogP contribution in [-0.2, 0) is 19.8 Å². The molecule has 0 fully saturated rings. The zero-order valence-corrected chi connectivity index (χ0v) is 23.1.